The zero-order valence-electron chi connectivity index (χ0n) is 6.11. The minimum absolute atomic E-state index is 0.788. The van der Waals surface area contributed by atoms with Crippen molar-refractivity contribution in [2.45, 2.75) is 6.92 Å². The maximum Gasteiger partial charge on any atom is 0.0410 e. The lowest BCUT2D eigenvalue weighted by molar-refractivity contribution is 1.41. The number of anilines is 1. The second kappa shape index (κ2) is 2.93. The predicted octanol–water partition coefficient (Wildman–Crippen LogP) is 2.69. The second-order valence-corrected chi connectivity index (χ2v) is 2.65. The molecule has 0 bridgehead atoms. The standard InChI is InChI=1S/C8H10ClN/c1-6-5-7(9)3-4-8(6)10-2/h3-5,10H,1-2H3. The topological polar surface area (TPSA) is 12.0 Å². The van der Waals surface area contributed by atoms with E-state index in [1.165, 1.54) is 5.56 Å². The highest BCUT2D eigenvalue weighted by Gasteiger charge is 1.93. The molecule has 0 radical (unpaired) electrons. The summed E-state index contributed by atoms with van der Waals surface area (Å²) >= 11 is 5.75. The van der Waals surface area contributed by atoms with Crippen LogP contribution in [-0.4, -0.2) is 7.05 Å². The van der Waals surface area contributed by atoms with Crippen LogP contribution in [-0.2, 0) is 0 Å². The van der Waals surface area contributed by atoms with Crippen LogP contribution in [0.3, 0.4) is 0 Å². The second-order valence-electron chi connectivity index (χ2n) is 2.21. The van der Waals surface area contributed by atoms with Crippen LogP contribution in [0, 0.1) is 6.92 Å². The molecule has 0 unspecified atom stereocenters. The largest absolute Gasteiger partial charge is 0.388 e. The Morgan fingerprint density at radius 2 is 2.10 bits per heavy atom. The molecule has 0 fully saturated rings. The van der Waals surface area contributed by atoms with Crippen molar-refractivity contribution in [3.8, 4) is 0 Å². The number of halogens is 1. The minimum Gasteiger partial charge on any atom is -0.388 e. The Labute approximate surface area is 66.0 Å². The first-order valence-electron chi connectivity index (χ1n) is 3.18. The number of nitrogens with one attached hydrogen (secondary N) is 1. The molecule has 1 aromatic rings. The highest BCUT2D eigenvalue weighted by Crippen LogP contribution is 2.18. The average molecular weight is 156 g/mol. The van der Waals surface area contributed by atoms with Crippen molar-refractivity contribution in [3.63, 3.8) is 0 Å². The minimum atomic E-state index is 0.788. The first-order valence-corrected chi connectivity index (χ1v) is 3.55. The van der Waals surface area contributed by atoms with Gasteiger partial charge in [0.2, 0.25) is 0 Å². The van der Waals surface area contributed by atoms with Crippen molar-refractivity contribution >= 4 is 17.3 Å². The molecule has 0 saturated heterocycles. The Balaban J connectivity index is 3.07. The number of rotatable bonds is 1. The average Bonchev–Trinajstić information content (AvgIpc) is 1.88. The van der Waals surface area contributed by atoms with Gasteiger partial charge in [-0.1, -0.05) is 11.6 Å². The molecule has 1 nitrogen and oxygen atoms in total. The van der Waals surface area contributed by atoms with Gasteiger partial charge in [-0.05, 0) is 30.7 Å². The van der Waals surface area contributed by atoms with E-state index in [0.717, 1.165) is 10.7 Å². The third-order valence-corrected chi connectivity index (χ3v) is 1.69. The molecule has 0 heterocycles. The van der Waals surface area contributed by atoms with E-state index in [-0.39, 0.29) is 0 Å². The zero-order chi connectivity index (χ0) is 7.56. The summed E-state index contributed by atoms with van der Waals surface area (Å²) < 4.78 is 0. The number of hydrogen-bond donors (Lipinski definition) is 1. The first kappa shape index (κ1) is 7.42. The molecule has 1 aromatic carbocycles. The van der Waals surface area contributed by atoms with Gasteiger partial charge in [0.25, 0.3) is 0 Å². The Kier molecular flexibility index (Phi) is 2.17. The smallest absolute Gasteiger partial charge is 0.0410 e. The normalized spacial score (nSPS) is 9.50. The van der Waals surface area contributed by atoms with Gasteiger partial charge in [0.15, 0.2) is 0 Å². The molecular weight excluding hydrogens is 146 g/mol. The Morgan fingerprint density at radius 1 is 1.40 bits per heavy atom. The maximum atomic E-state index is 5.75. The Bertz CT molecular complexity index is 233. The van der Waals surface area contributed by atoms with Gasteiger partial charge < -0.3 is 5.32 Å². The summed E-state index contributed by atoms with van der Waals surface area (Å²) in [5.74, 6) is 0. The summed E-state index contributed by atoms with van der Waals surface area (Å²) in [5.41, 5.74) is 2.31. The lowest BCUT2D eigenvalue weighted by Crippen LogP contribution is -1.89. The van der Waals surface area contributed by atoms with Crippen LogP contribution in [0.4, 0.5) is 5.69 Å². The summed E-state index contributed by atoms with van der Waals surface area (Å²) in [7, 11) is 1.90. The van der Waals surface area contributed by atoms with E-state index >= 15 is 0 Å². The summed E-state index contributed by atoms with van der Waals surface area (Å²) in [6.07, 6.45) is 0. The van der Waals surface area contributed by atoms with Gasteiger partial charge in [0.05, 0.1) is 0 Å². The molecular formula is C8H10ClN. The van der Waals surface area contributed by atoms with Gasteiger partial charge in [-0.15, -0.1) is 0 Å². The third kappa shape index (κ3) is 1.42. The lowest BCUT2D eigenvalue weighted by Gasteiger charge is -2.03. The van der Waals surface area contributed by atoms with Crippen molar-refractivity contribution in [2.75, 3.05) is 12.4 Å². The highest BCUT2D eigenvalue weighted by molar-refractivity contribution is 6.30. The molecule has 0 aromatic heterocycles. The van der Waals surface area contributed by atoms with Gasteiger partial charge in [0, 0.05) is 17.8 Å². The molecule has 0 aliphatic carbocycles. The summed E-state index contributed by atoms with van der Waals surface area (Å²) in [6.45, 7) is 2.03. The maximum absolute atomic E-state index is 5.75. The van der Waals surface area contributed by atoms with Crippen LogP contribution >= 0.6 is 11.6 Å². The molecule has 0 aliphatic rings. The van der Waals surface area contributed by atoms with Gasteiger partial charge in [-0.2, -0.15) is 0 Å². The van der Waals surface area contributed by atoms with E-state index in [2.05, 4.69) is 5.32 Å². The predicted molar refractivity (Wildman–Crippen MR) is 45.7 cm³/mol. The van der Waals surface area contributed by atoms with Crippen LogP contribution in [0.15, 0.2) is 18.2 Å². The van der Waals surface area contributed by atoms with Crippen molar-refractivity contribution in [1.29, 1.82) is 0 Å². The molecule has 0 saturated carbocycles. The fourth-order valence-electron chi connectivity index (χ4n) is 0.908. The molecule has 54 valence electrons. The highest BCUT2D eigenvalue weighted by atomic mass is 35.5. The van der Waals surface area contributed by atoms with Gasteiger partial charge >= 0.3 is 0 Å². The van der Waals surface area contributed by atoms with Crippen LogP contribution in [0.25, 0.3) is 0 Å². The van der Waals surface area contributed by atoms with Crippen molar-refractivity contribution < 1.29 is 0 Å². The zero-order valence-corrected chi connectivity index (χ0v) is 6.87. The lowest BCUT2D eigenvalue weighted by atomic mass is 10.2. The van der Waals surface area contributed by atoms with E-state index in [4.69, 9.17) is 11.6 Å². The Morgan fingerprint density at radius 3 is 2.60 bits per heavy atom. The van der Waals surface area contributed by atoms with Crippen molar-refractivity contribution in [1.82, 2.24) is 0 Å². The molecule has 0 spiro atoms. The van der Waals surface area contributed by atoms with Crippen LogP contribution < -0.4 is 5.32 Å². The van der Waals surface area contributed by atoms with Crippen LogP contribution in [0.1, 0.15) is 5.56 Å². The van der Waals surface area contributed by atoms with E-state index in [9.17, 15) is 0 Å². The Hall–Kier alpha value is -0.690. The molecule has 10 heavy (non-hydrogen) atoms. The van der Waals surface area contributed by atoms with Gasteiger partial charge in [-0.3, -0.25) is 0 Å². The molecule has 1 N–H and O–H groups in total. The van der Waals surface area contributed by atoms with E-state index in [1.807, 2.05) is 32.2 Å². The van der Waals surface area contributed by atoms with Crippen molar-refractivity contribution in [2.24, 2.45) is 0 Å². The molecule has 0 amide bonds. The number of benzene rings is 1. The monoisotopic (exact) mass is 155 g/mol. The van der Waals surface area contributed by atoms with Gasteiger partial charge in [-0.25, -0.2) is 0 Å². The van der Waals surface area contributed by atoms with E-state index in [0.29, 0.717) is 0 Å². The number of aryl methyl sites for hydroxylation is 1. The fraction of sp³-hybridized carbons (Fsp3) is 0.250. The van der Waals surface area contributed by atoms with E-state index in [1.54, 1.807) is 0 Å². The molecule has 1 rings (SSSR count). The molecule has 2 heteroatoms. The fourth-order valence-corrected chi connectivity index (χ4v) is 1.13. The van der Waals surface area contributed by atoms with Crippen molar-refractivity contribution in [3.05, 3.63) is 28.8 Å². The van der Waals surface area contributed by atoms with Crippen LogP contribution in [0.5, 0.6) is 0 Å². The summed E-state index contributed by atoms with van der Waals surface area (Å²) in [6, 6.07) is 5.78. The third-order valence-electron chi connectivity index (χ3n) is 1.46. The quantitative estimate of drug-likeness (QED) is 0.658. The van der Waals surface area contributed by atoms with E-state index < -0.39 is 0 Å². The molecule has 0 atom stereocenters. The summed E-state index contributed by atoms with van der Waals surface area (Å²) in [5, 5.41) is 3.85. The SMILES string of the molecule is CNc1ccc(Cl)cc1C. The summed E-state index contributed by atoms with van der Waals surface area (Å²) in [4.78, 5) is 0. The number of hydrogen-bond acceptors (Lipinski definition) is 1. The first-order chi connectivity index (χ1) is 4.74. The van der Waals surface area contributed by atoms with Crippen LogP contribution in [0.2, 0.25) is 5.02 Å². The molecule has 0 aliphatic heterocycles. The van der Waals surface area contributed by atoms with Gasteiger partial charge in [0.1, 0.15) is 0 Å².